The van der Waals surface area contributed by atoms with Gasteiger partial charge >= 0.3 is 0 Å². The maximum Gasteiger partial charge on any atom is 0.258 e. The van der Waals surface area contributed by atoms with Crippen LogP contribution in [0.5, 0.6) is 0 Å². The molecular formula is C8H13N3O2S. The molecule has 0 bridgehead atoms. The number of aliphatic hydroxyl groups is 1. The van der Waals surface area contributed by atoms with Crippen LogP contribution >= 0.6 is 11.8 Å². The van der Waals surface area contributed by atoms with Crippen LogP contribution in [-0.4, -0.2) is 59.1 Å². The highest BCUT2D eigenvalue weighted by molar-refractivity contribution is 8.14. The fourth-order valence-corrected chi connectivity index (χ4v) is 2.41. The highest BCUT2D eigenvalue weighted by atomic mass is 32.2. The summed E-state index contributed by atoms with van der Waals surface area (Å²) < 4.78 is 0. The van der Waals surface area contributed by atoms with Gasteiger partial charge in [0.05, 0.1) is 12.4 Å². The van der Waals surface area contributed by atoms with E-state index in [1.54, 1.807) is 0 Å². The van der Waals surface area contributed by atoms with E-state index in [0.717, 1.165) is 24.8 Å². The van der Waals surface area contributed by atoms with Crippen molar-refractivity contribution in [3.05, 3.63) is 0 Å². The summed E-state index contributed by atoms with van der Waals surface area (Å²) in [5.74, 6) is 0.410. The first-order valence-electron chi connectivity index (χ1n) is 4.63. The van der Waals surface area contributed by atoms with Crippen molar-refractivity contribution in [2.24, 2.45) is 4.99 Å². The van der Waals surface area contributed by atoms with Crippen LogP contribution in [0.15, 0.2) is 4.99 Å². The van der Waals surface area contributed by atoms with E-state index >= 15 is 0 Å². The quantitative estimate of drug-likeness (QED) is 0.580. The Hall–Kier alpha value is -0.590. The van der Waals surface area contributed by atoms with E-state index < -0.39 is 0 Å². The smallest absolute Gasteiger partial charge is 0.258 e. The number of hydrogen-bond donors (Lipinski definition) is 2. The largest absolute Gasteiger partial charge is 0.395 e. The van der Waals surface area contributed by atoms with Gasteiger partial charge in [0.25, 0.3) is 5.91 Å². The molecule has 0 spiro atoms. The molecule has 78 valence electrons. The standard InChI is InChI=1S/C8H13N3O2S/c12-4-6-3-11(2-1-9-6)8-10-7(13)5-14-8/h6,9,12H,1-5H2. The molecule has 1 atom stereocenters. The first-order chi connectivity index (χ1) is 6.79. The molecule has 0 aromatic rings. The number of amidine groups is 1. The molecule has 1 unspecified atom stereocenters. The fourth-order valence-electron chi connectivity index (χ4n) is 1.58. The molecule has 0 saturated carbocycles. The lowest BCUT2D eigenvalue weighted by Crippen LogP contribution is -2.53. The van der Waals surface area contributed by atoms with Crippen LogP contribution in [-0.2, 0) is 4.79 Å². The van der Waals surface area contributed by atoms with Crippen LogP contribution < -0.4 is 5.32 Å². The number of nitrogens with zero attached hydrogens (tertiary/aromatic N) is 2. The zero-order valence-corrected chi connectivity index (χ0v) is 8.59. The molecule has 0 aromatic heterocycles. The average molecular weight is 215 g/mol. The molecule has 1 amide bonds. The number of hydrogen-bond acceptors (Lipinski definition) is 5. The zero-order chi connectivity index (χ0) is 9.97. The molecular weight excluding hydrogens is 202 g/mol. The predicted molar refractivity (Wildman–Crippen MR) is 55.3 cm³/mol. The second kappa shape index (κ2) is 4.29. The van der Waals surface area contributed by atoms with E-state index in [-0.39, 0.29) is 18.6 Å². The van der Waals surface area contributed by atoms with Gasteiger partial charge in [-0.05, 0) is 0 Å². The van der Waals surface area contributed by atoms with E-state index in [2.05, 4.69) is 15.2 Å². The van der Waals surface area contributed by atoms with Gasteiger partial charge in [0.2, 0.25) is 0 Å². The van der Waals surface area contributed by atoms with Crippen molar-refractivity contribution < 1.29 is 9.90 Å². The van der Waals surface area contributed by atoms with E-state index in [4.69, 9.17) is 5.11 Å². The fraction of sp³-hybridized carbons (Fsp3) is 0.750. The molecule has 6 heteroatoms. The van der Waals surface area contributed by atoms with Crippen molar-refractivity contribution in [3.63, 3.8) is 0 Å². The molecule has 5 nitrogen and oxygen atoms in total. The number of thioether (sulfide) groups is 1. The normalized spacial score (nSPS) is 28.1. The Morgan fingerprint density at radius 3 is 3.21 bits per heavy atom. The maximum atomic E-state index is 10.9. The van der Waals surface area contributed by atoms with Crippen molar-refractivity contribution in [1.82, 2.24) is 10.2 Å². The number of amides is 1. The summed E-state index contributed by atoms with van der Waals surface area (Å²) in [6, 6.07) is 0.0998. The summed E-state index contributed by atoms with van der Waals surface area (Å²) >= 11 is 1.49. The van der Waals surface area contributed by atoms with Crippen LogP contribution in [0.3, 0.4) is 0 Å². The number of piperazine rings is 1. The first kappa shape index (κ1) is 9.95. The molecule has 1 fully saturated rings. The van der Waals surface area contributed by atoms with Crippen molar-refractivity contribution in [2.75, 3.05) is 32.0 Å². The summed E-state index contributed by atoms with van der Waals surface area (Å²) in [5, 5.41) is 13.0. The Bertz CT molecular complexity index is 269. The molecule has 2 aliphatic rings. The topological polar surface area (TPSA) is 64.9 Å². The highest BCUT2D eigenvalue weighted by Crippen LogP contribution is 2.17. The van der Waals surface area contributed by atoms with Crippen molar-refractivity contribution >= 4 is 22.8 Å². The van der Waals surface area contributed by atoms with Crippen LogP contribution in [0.2, 0.25) is 0 Å². The van der Waals surface area contributed by atoms with Gasteiger partial charge in [-0.1, -0.05) is 11.8 Å². The minimum absolute atomic E-state index is 0.0518. The molecule has 2 rings (SSSR count). The minimum Gasteiger partial charge on any atom is -0.395 e. The number of nitrogens with one attached hydrogen (secondary N) is 1. The molecule has 0 aliphatic carbocycles. The van der Waals surface area contributed by atoms with Gasteiger partial charge in [0.15, 0.2) is 5.17 Å². The summed E-state index contributed by atoms with van der Waals surface area (Å²) in [4.78, 5) is 16.9. The van der Waals surface area contributed by atoms with Crippen LogP contribution in [0.1, 0.15) is 0 Å². The van der Waals surface area contributed by atoms with Gasteiger partial charge in [-0.2, -0.15) is 4.99 Å². The second-order valence-corrected chi connectivity index (χ2v) is 4.30. The summed E-state index contributed by atoms with van der Waals surface area (Å²) in [5.41, 5.74) is 0. The Kier molecular flexibility index (Phi) is 3.05. The van der Waals surface area contributed by atoms with Gasteiger partial charge in [0.1, 0.15) is 0 Å². The lowest BCUT2D eigenvalue weighted by Gasteiger charge is -2.33. The molecule has 0 radical (unpaired) electrons. The van der Waals surface area contributed by atoms with Crippen LogP contribution in [0.4, 0.5) is 0 Å². The Morgan fingerprint density at radius 1 is 1.71 bits per heavy atom. The average Bonchev–Trinajstić information content (AvgIpc) is 2.65. The molecule has 2 heterocycles. The molecule has 2 N–H and O–H groups in total. The van der Waals surface area contributed by atoms with E-state index in [1.807, 2.05) is 0 Å². The highest BCUT2D eigenvalue weighted by Gasteiger charge is 2.25. The zero-order valence-electron chi connectivity index (χ0n) is 7.77. The number of rotatable bonds is 1. The first-order valence-corrected chi connectivity index (χ1v) is 5.61. The Balaban J connectivity index is 1.97. The monoisotopic (exact) mass is 215 g/mol. The number of aliphatic hydroxyl groups excluding tert-OH is 1. The van der Waals surface area contributed by atoms with Gasteiger partial charge in [-0.25, -0.2) is 0 Å². The minimum atomic E-state index is -0.0518. The third kappa shape index (κ3) is 2.08. The van der Waals surface area contributed by atoms with Crippen molar-refractivity contribution in [1.29, 1.82) is 0 Å². The third-order valence-electron chi connectivity index (χ3n) is 2.29. The Morgan fingerprint density at radius 2 is 2.57 bits per heavy atom. The third-order valence-corrected chi connectivity index (χ3v) is 3.29. The lowest BCUT2D eigenvalue weighted by atomic mass is 10.2. The van der Waals surface area contributed by atoms with Crippen molar-refractivity contribution in [2.45, 2.75) is 6.04 Å². The maximum absolute atomic E-state index is 10.9. The van der Waals surface area contributed by atoms with Crippen molar-refractivity contribution in [3.8, 4) is 0 Å². The summed E-state index contributed by atoms with van der Waals surface area (Å²) in [6.45, 7) is 2.55. The van der Waals surface area contributed by atoms with E-state index in [9.17, 15) is 4.79 Å². The van der Waals surface area contributed by atoms with Gasteiger partial charge in [-0.15, -0.1) is 0 Å². The van der Waals surface area contributed by atoms with Gasteiger partial charge < -0.3 is 15.3 Å². The molecule has 0 aromatic carbocycles. The lowest BCUT2D eigenvalue weighted by molar-refractivity contribution is -0.115. The molecule has 1 saturated heterocycles. The van der Waals surface area contributed by atoms with E-state index in [0.29, 0.717) is 5.75 Å². The SMILES string of the molecule is O=C1CSC(N2CCNC(CO)C2)=N1. The summed E-state index contributed by atoms with van der Waals surface area (Å²) in [7, 11) is 0. The van der Waals surface area contributed by atoms with Gasteiger partial charge in [-0.3, -0.25) is 4.79 Å². The number of aliphatic imine (C=N–C) groups is 1. The Labute approximate surface area is 86.6 Å². The van der Waals surface area contributed by atoms with Crippen LogP contribution in [0.25, 0.3) is 0 Å². The van der Waals surface area contributed by atoms with Crippen LogP contribution in [0, 0.1) is 0 Å². The van der Waals surface area contributed by atoms with Gasteiger partial charge in [0, 0.05) is 25.7 Å². The molecule has 2 aliphatic heterocycles. The summed E-state index contributed by atoms with van der Waals surface area (Å²) in [6.07, 6.45) is 0. The predicted octanol–water partition coefficient (Wildman–Crippen LogP) is -1.12. The van der Waals surface area contributed by atoms with E-state index in [1.165, 1.54) is 11.8 Å². The number of carbonyl (C=O) groups is 1. The molecule has 14 heavy (non-hydrogen) atoms. The number of carbonyl (C=O) groups excluding carboxylic acids is 1. The second-order valence-electron chi connectivity index (χ2n) is 3.36.